The van der Waals surface area contributed by atoms with Crippen LogP contribution in [0, 0.1) is 0 Å². The van der Waals surface area contributed by atoms with Crippen molar-refractivity contribution in [1.82, 2.24) is 15.0 Å². The summed E-state index contributed by atoms with van der Waals surface area (Å²) in [6.07, 6.45) is 0. The Kier molecular flexibility index (Phi) is 10.1. The number of aromatic nitrogens is 3. The average Bonchev–Trinajstić information content (AvgIpc) is 2.97. The fourth-order valence-corrected chi connectivity index (χ4v) is 6.98. The quantitative estimate of drug-likeness (QED) is 0.188. The maximum absolute atomic E-state index is 12.4. The van der Waals surface area contributed by atoms with Gasteiger partial charge in [-0.05, 0) is 57.2 Å². The molecule has 0 aliphatic heterocycles. The van der Waals surface area contributed by atoms with Crippen LogP contribution in [0.15, 0.2) is 72.8 Å². The van der Waals surface area contributed by atoms with E-state index >= 15 is 0 Å². The zero-order chi connectivity index (χ0) is 30.5. The first-order valence-corrected chi connectivity index (χ1v) is 17.6. The molecule has 0 spiro atoms. The maximum atomic E-state index is 12.4. The fourth-order valence-electron chi connectivity index (χ4n) is 3.91. The second-order valence-electron chi connectivity index (χ2n) is 8.76. The topological polar surface area (TPSA) is 178 Å². The molecule has 0 aliphatic carbocycles. The molecule has 4 aromatic rings. The predicted octanol–water partition coefficient (Wildman–Crippen LogP) is 4.41. The Morgan fingerprint density at radius 2 is 0.690 bits per heavy atom. The number of nitrogens with zero attached hydrogens (tertiary/aromatic N) is 3. The van der Waals surface area contributed by atoms with E-state index in [0.29, 0.717) is 16.7 Å². The van der Waals surface area contributed by atoms with Gasteiger partial charge < -0.3 is 28.3 Å². The Morgan fingerprint density at radius 3 is 0.881 bits per heavy atom. The molecule has 3 N–H and O–H groups in total. The van der Waals surface area contributed by atoms with E-state index in [4.69, 9.17) is 13.6 Å². The van der Waals surface area contributed by atoms with Gasteiger partial charge in [0.15, 0.2) is 17.5 Å². The fraction of sp³-hybridized carbons (Fsp3) is 0.222. The largest absolute Gasteiger partial charge is 0.358 e. The number of hydrogen-bond donors (Lipinski definition) is 3. The van der Waals surface area contributed by atoms with Crippen LogP contribution in [-0.2, 0) is 27.3 Å². The van der Waals surface area contributed by atoms with Crippen molar-refractivity contribution in [3.8, 4) is 34.2 Å². The van der Waals surface area contributed by atoms with Gasteiger partial charge in [-0.25, -0.2) is 15.0 Å². The molecule has 1 heterocycles. The van der Waals surface area contributed by atoms with Crippen molar-refractivity contribution in [1.29, 1.82) is 0 Å². The molecule has 0 fully saturated rings. The van der Waals surface area contributed by atoms with Crippen LogP contribution in [0.5, 0.6) is 0 Å². The third-order valence-electron chi connectivity index (χ3n) is 5.90. The third kappa shape index (κ3) is 7.36. The van der Waals surface area contributed by atoms with Crippen molar-refractivity contribution in [2.45, 2.75) is 20.8 Å². The van der Waals surface area contributed by atoms with Gasteiger partial charge in [-0.3, -0.25) is 13.7 Å². The summed E-state index contributed by atoms with van der Waals surface area (Å²) in [5, 5.41) is 0.331. The van der Waals surface area contributed by atoms with Crippen molar-refractivity contribution in [2.24, 2.45) is 0 Å². The van der Waals surface area contributed by atoms with Gasteiger partial charge in [0.25, 0.3) is 0 Å². The molecule has 0 aliphatic rings. The van der Waals surface area contributed by atoms with Gasteiger partial charge in [0, 0.05) is 16.7 Å². The standard InChI is InChI=1S/C27H30N3O9P3/c1-4-37-40(31,32)22-13-7-19(8-14-22)25-28-26(20-9-15-23(16-10-20)41(33,34)38-5-2)30-27(29-25)21-11-17-24(18-12-21)42(35,36)39-6-3/h7-18H,4-6H2,1-3H3,(H,31,32)(H,33,34)(H,35,36). The molecular formula is C27H30N3O9P3. The monoisotopic (exact) mass is 633 g/mol. The van der Waals surface area contributed by atoms with Gasteiger partial charge in [0.1, 0.15) is 0 Å². The molecule has 0 saturated carbocycles. The summed E-state index contributed by atoms with van der Waals surface area (Å²) >= 11 is 0. The molecule has 3 unspecified atom stereocenters. The molecule has 0 amide bonds. The van der Waals surface area contributed by atoms with Gasteiger partial charge >= 0.3 is 22.8 Å². The van der Waals surface area contributed by atoms with Gasteiger partial charge in [0.2, 0.25) is 0 Å². The predicted molar refractivity (Wildman–Crippen MR) is 159 cm³/mol. The van der Waals surface area contributed by atoms with E-state index in [0.717, 1.165) is 0 Å². The maximum Gasteiger partial charge on any atom is 0.358 e. The zero-order valence-corrected chi connectivity index (χ0v) is 25.7. The Morgan fingerprint density at radius 1 is 0.476 bits per heavy atom. The zero-order valence-electron chi connectivity index (χ0n) is 23.0. The molecule has 0 bridgehead atoms. The molecule has 3 aromatic carbocycles. The first kappa shape index (κ1) is 32.0. The minimum Gasteiger partial charge on any atom is -0.321 e. The van der Waals surface area contributed by atoms with E-state index in [1.54, 1.807) is 57.2 Å². The van der Waals surface area contributed by atoms with Crippen LogP contribution >= 0.6 is 22.8 Å². The molecule has 3 atom stereocenters. The van der Waals surface area contributed by atoms with Crippen molar-refractivity contribution >= 4 is 38.7 Å². The Hall–Kier alpha value is -2.88. The van der Waals surface area contributed by atoms with Crippen LogP contribution in [0.1, 0.15) is 20.8 Å². The summed E-state index contributed by atoms with van der Waals surface area (Å²) in [5.41, 5.74) is 1.54. The van der Waals surface area contributed by atoms with Gasteiger partial charge in [0.05, 0.1) is 35.7 Å². The highest BCUT2D eigenvalue weighted by molar-refractivity contribution is 7.61. The SMILES string of the molecule is CCOP(=O)(O)c1ccc(-c2nc(-c3ccc(P(=O)(O)OCC)cc3)nc(-c3ccc(P(=O)(O)OCC)cc3)n2)cc1. The molecule has 1 aromatic heterocycles. The highest BCUT2D eigenvalue weighted by Gasteiger charge is 2.24. The first-order chi connectivity index (χ1) is 19.9. The average molecular weight is 633 g/mol. The summed E-state index contributed by atoms with van der Waals surface area (Å²) < 4.78 is 52.2. The van der Waals surface area contributed by atoms with Crippen LogP contribution in [0.2, 0.25) is 0 Å². The van der Waals surface area contributed by atoms with E-state index in [2.05, 4.69) is 15.0 Å². The molecule has 15 heteroatoms. The Labute approximate surface area is 243 Å². The van der Waals surface area contributed by atoms with Gasteiger partial charge in [-0.1, -0.05) is 36.4 Å². The molecule has 0 saturated heterocycles. The number of hydrogen-bond acceptors (Lipinski definition) is 9. The van der Waals surface area contributed by atoms with Gasteiger partial charge in [-0.15, -0.1) is 0 Å². The van der Waals surface area contributed by atoms with E-state index in [1.807, 2.05) is 0 Å². The van der Waals surface area contributed by atoms with Crippen molar-refractivity contribution in [3.63, 3.8) is 0 Å². The summed E-state index contributed by atoms with van der Waals surface area (Å²) in [7, 11) is -11.9. The highest BCUT2D eigenvalue weighted by Crippen LogP contribution is 2.42. The van der Waals surface area contributed by atoms with Crippen LogP contribution in [-0.4, -0.2) is 49.5 Å². The van der Waals surface area contributed by atoms with Gasteiger partial charge in [-0.2, -0.15) is 0 Å². The van der Waals surface area contributed by atoms with Crippen LogP contribution in [0.25, 0.3) is 34.2 Å². The molecule has 12 nitrogen and oxygen atoms in total. The summed E-state index contributed by atoms with van der Waals surface area (Å²) in [6, 6.07) is 18.2. The lowest BCUT2D eigenvalue weighted by molar-refractivity contribution is 0.283. The minimum atomic E-state index is -3.98. The summed E-state index contributed by atoms with van der Waals surface area (Å²) in [5.74, 6) is 0.717. The van der Waals surface area contributed by atoms with E-state index in [-0.39, 0.29) is 53.2 Å². The lowest BCUT2D eigenvalue weighted by atomic mass is 10.1. The lowest BCUT2D eigenvalue weighted by Crippen LogP contribution is -2.08. The van der Waals surface area contributed by atoms with Crippen molar-refractivity contribution in [2.75, 3.05) is 19.8 Å². The Bertz CT molecular complexity index is 1470. The Balaban J connectivity index is 1.80. The summed E-state index contributed by atoms with van der Waals surface area (Å²) in [4.78, 5) is 44.2. The molecular weight excluding hydrogens is 603 g/mol. The van der Waals surface area contributed by atoms with Crippen LogP contribution in [0.3, 0.4) is 0 Å². The highest BCUT2D eigenvalue weighted by atomic mass is 31.2. The number of benzene rings is 3. The second-order valence-corrected chi connectivity index (χ2v) is 14.2. The van der Waals surface area contributed by atoms with E-state index in [9.17, 15) is 28.4 Å². The smallest absolute Gasteiger partial charge is 0.321 e. The normalized spacial score (nSPS) is 15.9. The van der Waals surface area contributed by atoms with E-state index < -0.39 is 22.8 Å². The van der Waals surface area contributed by atoms with Crippen LogP contribution in [0.4, 0.5) is 0 Å². The number of rotatable bonds is 12. The van der Waals surface area contributed by atoms with E-state index in [1.165, 1.54) is 36.4 Å². The molecule has 0 radical (unpaired) electrons. The van der Waals surface area contributed by atoms with Crippen LogP contribution < -0.4 is 15.9 Å². The molecule has 42 heavy (non-hydrogen) atoms. The first-order valence-electron chi connectivity index (χ1n) is 12.9. The lowest BCUT2D eigenvalue weighted by Gasteiger charge is -2.13. The molecule has 222 valence electrons. The summed E-state index contributed by atoms with van der Waals surface area (Å²) in [6.45, 7) is 5.07. The minimum absolute atomic E-state index is 0.0694. The third-order valence-corrected chi connectivity index (χ3v) is 10.6. The van der Waals surface area contributed by atoms with Crippen molar-refractivity contribution < 1.29 is 41.9 Å². The molecule has 4 rings (SSSR count). The second kappa shape index (κ2) is 13.2. The van der Waals surface area contributed by atoms with Crippen molar-refractivity contribution in [3.05, 3.63) is 72.8 Å².